The van der Waals surface area contributed by atoms with Gasteiger partial charge in [-0.15, -0.1) is 13.2 Å². The molecule has 0 heterocycles. The van der Waals surface area contributed by atoms with E-state index in [4.69, 9.17) is 0 Å². The van der Waals surface area contributed by atoms with Crippen LogP contribution in [-0.4, -0.2) is 6.36 Å². The van der Waals surface area contributed by atoms with E-state index in [2.05, 4.69) is 20.7 Å². The van der Waals surface area contributed by atoms with Crippen molar-refractivity contribution in [1.29, 1.82) is 0 Å². The fraction of sp³-hybridized carbons (Fsp3) is 0.200. The molecule has 0 bridgehead atoms. The van der Waals surface area contributed by atoms with Gasteiger partial charge in [-0.05, 0) is 41.2 Å². The van der Waals surface area contributed by atoms with Crippen molar-refractivity contribution in [3.05, 3.63) is 34.3 Å². The van der Waals surface area contributed by atoms with Gasteiger partial charge in [0.1, 0.15) is 5.75 Å². The number of alkyl halides is 3. The van der Waals surface area contributed by atoms with Crippen LogP contribution in [0.2, 0.25) is 0 Å². The predicted molar refractivity (Wildman–Crippen MR) is 55.8 cm³/mol. The Labute approximate surface area is 93.7 Å². The highest BCUT2D eigenvalue weighted by Gasteiger charge is 2.31. The van der Waals surface area contributed by atoms with E-state index in [1.54, 1.807) is 24.1 Å². The Kier molecular flexibility index (Phi) is 3.79. The second-order valence-corrected chi connectivity index (χ2v) is 3.39. The number of halogens is 4. The summed E-state index contributed by atoms with van der Waals surface area (Å²) >= 11 is 3.06. The normalized spacial score (nSPS) is 12.1. The van der Waals surface area contributed by atoms with E-state index in [-0.39, 0.29) is 5.75 Å². The Morgan fingerprint density at radius 1 is 1.33 bits per heavy atom. The lowest BCUT2D eigenvalue weighted by molar-refractivity contribution is -0.274. The van der Waals surface area contributed by atoms with E-state index in [9.17, 15) is 13.2 Å². The summed E-state index contributed by atoms with van der Waals surface area (Å²) in [5.74, 6) is -0.214. The molecule has 82 valence electrons. The van der Waals surface area contributed by atoms with E-state index in [1.165, 1.54) is 12.1 Å². The summed E-state index contributed by atoms with van der Waals surface area (Å²) in [5, 5.41) is 0. The molecule has 15 heavy (non-hydrogen) atoms. The molecular formula is C10H8BrF3O. The zero-order valence-corrected chi connectivity index (χ0v) is 9.39. The molecule has 0 amide bonds. The number of benzene rings is 1. The lowest BCUT2D eigenvalue weighted by Crippen LogP contribution is -2.17. The third kappa shape index (κ3) is 3.95. The van der Waals surface area contributed by atoms with Gasteiger partial charge in [0.25, 0.3) is 0 Å². The van der Waals surface area contributed by atoms with Crippen molar-refractivity contribution in [2.45, 2.75) is 13.3 Å². The molecule has 0 saturated heterocycles. The highest BCUT2D eigenvalue weighted by Crippen LogP contribution is 2.25. The van der Waals surface area contributed by atoms with Crippen LogP contribution in [0.25, 0.3) is 6.08 Å². The quantitative estimate of drug-likeness (QED) is 0.787. The van der Waals surface area contributed by atoms with Gasteiger partial charge >= 0.3 is 6.36 Å². The molecule has 0 radical (unpaired) electrons. The highest BCUT2D eigenvalue weighted by atomic mass is 79.9. The number of ether oxygens (including phenoxy) is 1. The average Bonchev–Trinajstić information content (AvgIpc) is 2.09. The molecule has 0 saturated carbocycles. The van der Waals surface area contributed by atoms with Gasteiger partial charge in [-0.1, -0.05) is 22.0 Å². The number of hydrogen-bond acceptors (Lipinski definition) is 1. The van der Waals surface area contributed by atoms with Crippen molar-refractivity contribution in [2.24, 2.45) is 0 Å². The lowest BCUT2D eigenvalue weighted by atomic mass is 10.1. The van der Waals surface area contributed by atoms with Gasteiger partial charge in [0, 0.05) is 0 Å². The first-order chi connectivity index (χ1) is 6.92. The predicted octanol–water partition coefficient (Wildman–Crippen LogP) is 4.26. The Hall–Kier alpha value is -0.970. The summed E-state index contributed by atoms with van der Waals surface area (Å²) in [6, 6.07) is 4.19. The van der Waals surface area contributed by atoms with Gasteiger partial charge < -0.3 is 4.74 Å². The van der Waals surface area contributed by atoms with Crippen LogP contribution in [-0.2, 0) is 0 Å². The summed E-state index contributed by atoms with van der Waals surface area (Å²) in [4.78, 5) is 1.58. The molecule has 0 N–H and O–H groups in total. The Morgan fingerprint density at radius 3 is 2.53 bits per heavy atom. The van der Waals surface area contributed by atoms with Gasteiger partial charge in [-0.3, -0.25) is 0 Å². The molecular weight excluding hydrogens is 273 g/mol. The molecule has 1 aromatic rings. The topological polar surface area (TPSA) is 9.23 Å². The first-order valence-corrected chi connectivity index (χ1v) is 4.97. The minimum Gasteiger partial charge on any atom is -0.406 e. The monoisotopic (exact) mass is 280 g/mol. The summed E-state index contributed by atoms with van der Waals surface area (Å²) in [6.07, 6.45) is -3.00. The molecule has 0 aromatic heterocycles. The van der Waals surface area contributed by atoms with E-state index in [0.717, 1.165) is 5.56 Å². The SMILES string of the molecule is Cc1ccc(OC(F)(F)F)cc1C=CBr. The molecule has 0 fully saturated rings. The maximum atomic E-state index is 11.9. The zero-order chi connectivity index (χ0) is 11.5. The molecule has 1 rings (SSSR count). The first kappa shape index (κ1) is 12.1. The van der Waals surface area contributed by atoms with E-state index in [1.807, 2.05) is 0 Å². The smallest absolute Gasteiger partial charge is 0.406 e. The standard InChI is InChI=1S/C10H8BrF3O/c1-7-2-3-9(15-10(12,13)14)6-8(7)4-5-11/h2-6H,1H3. The third-order valence-corrected chi connectivity index (χ3v) is 1.99. The van der Waals surface area contributed by atoms with Gasteiger partial charge in [-0.25, -0.2) is 0 Å². The summed E-state index contributed by atoms with van der Waals surface area (Å²) in [5.41, 5.74) is 1.55. The minimum atomic E-state index is -4.65. The number of rotatable bonds is 2. The second kappa shape index (κ2) is 4.70. The fourth-order valence-electron chi connectivity index (χ4n) is 1.06. The highest BCUT2D eigenvalue weighted by molar-refractivity contribution is 9.11. The molecule has 0 aliphatic rings. The maximum Gasteiger partial charge on any atom is 0.573 e. The van der Waals surface area contributed by atoms with Crippen LogP contribution in [0.3, 0.4) is 0 Å². The molecule has 0 aliphatic heterocycles. The van der Waals surface area contributed by atoms with E-state index >= 15 is 0 Å². The van der Waals surface area contributed by atoms with Crippen LogP contribution in [0, 0.1) is 6.92 Å². The van der Waals surface area contributed by atoms with Crippen molar-refractivity contribution in [1.82, 2.24) is 0 Å². The summed E-state index contributed by atoms with van der Waals surface area (Å²) in [6.45, 7) is 1.81. The maximum absolute atomic E-state index is 11.9. The Bertz CT molecular complexity index is 371. The minimum absolute atomic E-state index is 0.214. The molecule has 0 aliphatic carbocycles. The van der Waals surface area contributed by atoms with Crippen LogP contribution in [0.4, 0.5) is 13.2 Å². The lowest BCUT2D eigenvalue weighted by Gasteiger charge is -2.10. The number of hydrogen-bond donors (Lipinski definition) is 0. The van der Waals surface area contributed by atoms with Crippen LogP contribution >= 0.6 is 15.9 Å². The molecule has 0 atom stereocenters. The molecule has 5 heteroatoms. The van der Waals surface area contributed by atoms with Crippen LogP contribution in [0.1, 0.15) is 11.1 Å². The molecule has 1 nitrogen and oxygen atoms in total. The van der Waals surface area contributed by atoms with Crippen molar-refractivity contribution in [3.8, 4) is 5.75 Å². The molecule has 0 spiro atoms. The van der Waals surface area contributed by atoms with E-state index < -0.39 is 6.36 Å². The molecule has 1 aromatic carbocycles. The number of aryl methyl sites for hydroxylation is 1. The van der Waals surface area contributed by atoms with Crippen LogP contribution in [0.5, 0.6) is 5.75 Å². The Balaban J connectivity index is 2.97. The van der Waals surface area contributed by atoms with Crippen molar-refractivity contribution >= 4 is 22.0 Å². The van der Waals surface area contributed by atoms with Crippen molar-refractivity contribution in [2.75, 3.05) is 0 Å². The third-order valence-electron chi connectivity index (χ3n) is 1.73. The summed E-state index contributed by atoms with van der Waals surface area (Å²) in [7, 11) is 0. The van der Waals surface area contributed by atoms with Crippen LogP contribution in [0.15, 0.2) is 23.2 Å². The van der Waals surface area contributed by atoms with Gasteiger partial charge in [0.15, 0.2) is 0 Å². The van der Waals surface area contributed by atoms with Gasteiger partial charge in [-0.2, -0.15) is 0 Å². The van der Waals surface area contributed by atoms with Crippen LogP contribution < -0.4 is 4.74 Å². The zero-order valence-electron chi connectivity index (χ0n) is 7.81. The van der Waals surface area contributed by atoms with E-state index in [0.29, 0.717) is 5.56 Å². The largest absolute Gasteiger partial charge is 0.573 e. The van der Waals surface area contributed by atoms with Crippen molar-refractivity contribution in [3.63, 3.8) is 0 Å². The fourth-order valence-corrected chi connectivity index (χ4v) is 1.35. The van der Waals surface area contributed by atoms with Gasteiger partial charge in [0.05, 0.1) is 0 Å². The Morgan fingerprint density at radius 2 is 2.00 bits per heavy atom. The van der Waals surface area contributed by atoms with Gasteiger partial charge in [0.2, 0.25) is 0 Å². The summed E-state index contributed by atoms with van der Waals surface area (Å²) < 4.78 is 39.5. The average molecular weight is 281 g/mol. The van der Waals surface area contributed by atoms with Crippen molar-refractivity contribution < 1.29 is 17.9 Å². The second-order valence-electron chi connectivity index (χ2n) is 2.86. The molecule has 0 unspecified atom stereocenters. The first-order valence-electron chi connectivity index (χ1n) is 4.05.